The molecule has 1 aliphatic heterocycles. The summed E-state index contributed by atoms with van der Waals surface area (Å²) in [6.07, 6.45) is 0.853. The lowest BCUT2D eigenvalue weighted by Crippen LogP contribution is -2.44. The number of nitrogens with one attached hydrogen (secondary N) is 3. The van der Waals surface area contributed by atoms with Gasteiger partial charge in [-0.05, 0) is 37.1 Å². The Bertz CT molecular complexity index is 771. The van der Waals surface area contributed by atoms with Gasteiger partial charge in [-0.2, -0.15) is 0 Å². The molecule has 1 aromatic rings. The van der Waals surface area contributed by atoms with E-state index in [4.69, 9.17) is 0 Å². The maximum atomic E-state index is 12.0. The first-order valence-electron chi connectivity index (χ1n) is 8.02. The Hall–Kier alpha value is -0.880. The highest BCUT2D eigenvalue weighted by atomic mass is 127. The van der Waals surface area contributed by atoms with Crippen molar-refractivity contribution in [3.05, 3.63) is 28.2 Å². The number of carbonyl (C=O) groups is 1. The maximum absolute atomic E-state index is 12.0. The zero-order valence-corrected chi connectivity index (χ0v) is 19.4. The standard InChI is InChI=1S/C16H23BrN4O3S.HI/c1-11-9-12(17)3-4-14(11)21-15(22)5-7-19-16(18-2)20-13-6-8-25(23,24)10-13;/h3-4,9,13H,5-8,10H2,1-2H3,(H,21,22)(H2,18,19,20);1H. The molecule has 1 heterocycles. The third kappa shape index (κ3) is 7.39. The molecule has 10 heteroatoms. The van der Waals surface area contributed by atoms with Gasteiger partial charge in [0.05, 0.1) is 11.5 Å². The summed E-state index contributed by atoms with van der Waals surface area (Å²) in [4.78, 5) is 16.1. The number of aliphatic imine (C=N–C) groups is 1. The molecule has 1 aliphatic rings. The summed E-state index contributed by atoms with van der Waals surface area (Å²) >= 11 is 3.39. The van der Waals surface area contributed by atoms with Crippen LogP contribution in [-0.2, 0) is 14.6 Å². The second kappa shape index (κ2) is 10.5. The first-order chi connectivity index (χ1) is 11.8. The Kier molecular flexibility index (Phi) is 9.31. The highest BCUT2D eigenvalue weighted by Gasteiger charge is 2.28. The van der Waals surface area contributed by atoms with Crippen LogP contribution in [0.15, 0.2) is 27.7 Å². The molecule has 1 fully saturated rings. The van der Waals surface area contributed by atoms with Gasteiger partial charge in [-0.25, -0.2) is 8.42 Å². The van der Waals surface area contributed by atoms with Crippen molar-refractivity contribution in [2.24, 2.45) is 4.99 Å². The molecule has 1 aromatic carbocycles. The predicted octanol–water partition coefficient (Wildman–Crippen LogP) is 2.06. The molecule has 0 aromatic heterocycles. The molecule has 0 aliphatic carbocycles. The summed E-state index contributed by atoms with van der Waals surface area (Å²) in [5.74, 6) is 0.736. The van der Waals surface area contributed by atoms with E-state index in [9.17, 15) is 13.2 Å². The van der Waals surface area contributed by atoms with E-state index in [1.807, 2.05) is 25.1 Å². The molecule has 1 amide bonds. The quantitative estimate of drug-likeness (QED) is 0.292. The fraction of sp³-hybridized carbons (Fsp3) is 0.500. The average molecular weight is 559 g/mol. The number of nitrogens with zero attached hydrogens (tertiary/aromatic N) is 1. The van der Waals surface area contributed by atoms with Crippen LogP contribution in [-0.4, -0.2) is 51.4 Å². The number of hydrogen-bond acceptors (Lipinski definition) is 4. The normalized spacial score (nSPS) is 18.7. The summed E-state index contributed by atoms with van der Waals surface area (Å²) in [6.45, 7) is 2.33. The number of rotatable bonds is 5. The van der Waals surface area contributed by atoms with E-state index >= 15 is 0 Å². The van der Waals surface area contributed by atoms with Crippen LogP contribution in [0.25, 0.3) is 0 Å². The van der Waals surface area contributed by atoms with E-state index in [1.165, 1.54) is 0 Å². The van der Waals surface area contributed by atoms with E-state index in [0.29, 0.717) is 18.9 Å². The topological polar surface area (TPSA) is 99.7 Å². The van der Waals surface area contributed by atoms with Crippen LogP contribution in [0, 0.1) is 6.92 Å². The van der Waals surface area contributed by atoms with Gasteiger partial charge in [0.25, 0.3) is 0 Å². The van der Waals surface area contributed by atoms with Crippen molar-refractivity contribution in [1.29, 1.82) is 0 Å². The van der Waals surface area contributed by atoms with E-state index in [1.54, 1.807) is 7.05 Å². The first-order valence-corrected chi connectivity index (χ1v) is 10.6. The molecule has 1 atom stereocenters. The van der Waals surface area contributed by atoms with E-state index in [2.05, 4.69) is 36.9 Å². The Balaban J connectivity index is 0.00000338. The van der Waals surface area contributed by atoms with Crippen molar-refractivity contribution in [2.45, 2.75) is 25.8 Å². The Labute approximate surface area is 179 Å². The number of sulfone groups is 1. The van der Waals surface area contributed by atoms with Crippen LogP contribution in [0.1, 0.15) is 18.4 Å². The monoisotopic (exact) mass is 558 g/mol. The maximum Gasteiger partial charge on any atom is 0.226 e. The van der Waals surface area contributed by atoms with Crippen LogP contribution >= 0.6 is 39.9 Å². The van der Waals surface area contributed by atoms with E-state index in [0.717, 1.165) is 15.7 Å². The second-order valence-electron chi connectivity index (χ2n) is 6.00. The molecule has 3 N–H and O–H groups in total. The van der Waals surface area contributed by atoms with Gasteiger partial charge in [-0.1, -0.05) is 15.9 Å². The van der Waals surface area contributed by atoms with Crippen molar-refractivity contribution in [3.8, 4) is 0 Å². The molecule has 0 saturated carbocycles. The molecule has 0 spiro atoms. The number of benzene rings is 1. The largest absolute Gasteiger partial charge is 0.356 e. The second-order valence-corrected chi connectivity index (χ2v) is 9.15. The minimum Gasteiger partial charge on any atom is -0.356 e. The highest BCUT2D eigenvalue weighted by Crippen LogP contribution is 2.20. The van der Waals surface area contributed by atoms with Crippen LogP contribution < -0.4 is 16.0 Å². The average Bonchev–Trinajstić information content (AvgIpc) is 2.88. The third-order valence-corrected chi connectivity index (χ3v) is 6.17. The number of anilines is 1. The number of hydrogen-bond donors (Lipinski definition) is 3. The number of aryl methyl sites for hydroxylation is 1. The van der Waals surface area contributed by atoms with E-state index < -0.39 is 9.84 Å². The van der Waals surface area contributed by atoms with Gasteiger partial charge in [0.15, 0.2) is 15.8 Å². The van der Waals surface area contributed by atoms with Gasteiger partial charge < -0.3 is 16.0 Å². The molecule has 1 unspecified atom stereocenters. The summed E-state index contributed by atoms with van der Waals surface area (Å²) in [5.41, 5.74) is 1.77. The van der Waals surface area contributed by atoms with Crippen molar-refractivity contribution in [2.75, 3.05) is 30.4 Å². The van der Waals surface area contributed by atoms with Gasteiger partial charge in [-0.15, -0.1) is 24.0 Å². The third-order valence-electron chi connectivity index (χ3n) is 3.90. The van der Waals surface area contributed by atoms with Gasteiger partial charge in [-0.3, -0.25) is 9.79 Å². The van der Waals surface area contributed by atoms with Crippen LogP contribution in [0.3, 0.4) is 0 Å². The number of carbonyl (C=O) groups excluding carboxylic acids is 1. The molecular weight excluding hydrogens is 535 g/mol. The fourth-order valence-corrected chi connectivity index (χ4v) is 4.72. The lowest BCUT2D eigenvalue weighted by molar-refractivity contribution is -0.116. The number of guanidine groups is 1. The predicted molar refractivity (Wildman–Crippen MR) is 119 cm³/mol. The SMILES string of the molecule is CN=C(NCCC(=O)Nc1ccc(Br)cc1C)NC1CCS(=O)(=O)C1.I. The Morgan fingerprint density at radius 1 is 1.38 bits per heavy atom. The lowest BCUT2D eigenvalue weighted by atomic mass is 10.2. The summed E-state index contributed by atoms with van der Waals surface area (Å²) < 4.78 is 23.9. The Morgan fingerprint density at radius 3 is 2.69 bits per heavy atom. The van der Waals surface area contributed by atoms with Crippen molar-refractivity contribution in [3.63, 3.8) is 0 Å². The van der Waals surface area contributed by atoms with Crippen molar-refractivity contribution in [1.82, 2.24) is 10.6 Å². The van der Waals surface area contributed by atoms with Gasteiger partial charge in [0.1, 0.15) is 0 Å². The van der Waals surface area contributed by atoms with Gasteiger partial charge >= 0.3 is 0 Å². The molecule has 0 radical (unpaired) electrons. The van der Waals surface area contributed by atoms with Gasteiger partial charge in [0, 0.05) is 36.2 Å². The summed E-state index contributed by atoms with van der Waals surface area (Å²) in [7, 11) is -1.32. The molecule has 146 valence electrons. The first kappa shape index (κ1) is 23.2. The minimum atomic E-state index is -2.94. The molecule has 0 bridgehead atoms. The summed E-state index contributed by atoms with van der Waals surface area (Å²) in [5, 5.41) is 9.00. The minimum absolute atomic E-state index is 0. The van der Waals surface area contributed by atoms with Crippen LogP contribution in [0.5, 0.6) is 0 Å². The summed E-state index contributed by atoms with van der Waals surface area (Å²) in [6, 6.07) is 5.54. The number of amides is 1. The molecular formula is C16H24BrIN4O3S. The van der Waals surface area contributed by atoms with Crippen molar-refractivity contribution < 1.29 is 13.2 Å². The van der Waals surface area contributed by atoms with Gasteiger partial charge in [0.2, 0.25) is 5.91 Å². The zero-order chi connectivity index (χ0) is 18.4. The molecule has 26 heavy (non-hydrogen) atoms. The molecule has 1 saturated heterocycles. The van der Waals surface area contributed by atoms with Crippen LogP contribution in [0.4, 0.5) is 5.69 Å². The van der Waals surface area contributed by atoms with E-state index in [-0.39, 0.29) is 53.9 Å². The molecule has 2 rings (SSSR count). The lowest BCUT2D eigenvalue weighted by Gasteiger charge is -2.16. The highest BCUT2D eigenvalue weighted by molar-refractivity contribution is 14.0. The molecule has 7 nitrogen and oxygen atoms in total. The smallest absolute Gasteiger partial charge is 0.226 e. The van der Waals surface area contributed by atoms with Crippen LogP contribution in [0.2, 0.25) is 0 Å². The fourth-order valence-electron chi connectivity index (χ4n) is 2.57. The number of halogens is 2. The zero-order valence-electron chi connectivity index (χ0n) is 14.7. The van der Waals surface area contributed by atoms with Crippen molar-refractivity contribution >= 4 is 67.3 Å². The Morgan fingerprint density at radius 2 is 2.12 bits per heavy atom.